The van der Waals surface area contributed by atoms with E-state index in [0.717, 1.165) is 25.9 Å². The molecule has 6 heteroatoms. The van der Waals surface area contributed by atoms with E-state index in [1.54, 1.807) is 24.3 Å². The maximum Gasteiger partial charge on any atom is 0.262 e. The van der Waals surface area contributed by atoms with Gasteiger partial charge in [-0.25, -0.2) is 0 Å². The van der Waals surface area contributed by atoms with Gasteiger partial charge < -0.3 is 19.5 Å². The number of rotatable bonds is 9. The van der Waals surface area contributed by atoms with E-state index in [1.165, 1.54) is 0 Å². The van der Waals surface area contributed by atoms with Gasteiger partial charge in [0.25, 0.3) is 5.91 Å². The first-order valence-corrected chi connectivity index (χ1v) is 9.09. The number of ether oxygens (including phenoxy) is 3. The zero-order valence-corrected chi connectivity index (χ0v) is 15.4. The van der Waals surface area contributed by atoms with E-state index in [1.807, 2.05) is 19.9 Å². The highest BCUT2D eigenvalue weighted by Crippen LogP contribution is 2.29. The average molecular weight is 358 g/mol. The van der Waals surface area contributed by atoms with Crippen LogP contribution in [0, 0.1) is 11.3 Å². The highest BCUT2D eigenvalue weighted by atomic mass is 16.5. The number of hydrogen-bond acceptors (Lipinski definition) is 5. The summed E-state index contributed by atoms with van der Waals surface area (Å²) >= 11 is 0. The highest BCUT2D eigenvalue weighted by Gasteiger charge is 2.17. The van der Waals surface area contributed by atoms with Crippen molar-refractivity contribution in [2.24, 2.45) is 0 Å². The van der Waals surface area contributed by atoms with Crippen molar-refractivity contribution in [2.75, 3.05) is 26.4 Å². The average Bonchev–Trinajstić information content (AvgIpc) is 3.17. The van der Waals surface area contributed by atoms with Crippen LogP contribution in [-0.4, -0.2) is 38.4 Å². The summed E-state index contributed by atoms with van der Waals surface area (Å²) in [6, 6.07) is 7.34. The second kappa shape index (κ2) is 10.5. The van der Waals surface area contributed by atoms with E-state index in [9.17, 15) is 10.1 Å². The van der Waals surface area contributed by atoms with Crippen molar-refractivity contribution in [1.29, 1.82) is 5.26 Å². The molecule has 1 N–H and O–H groups in total. The summed E-state index contributed by atoms with van der Waals surface area (Å²) in [7, 11) is 0. The number of nitrogens with zero attached hydrogens (tertiary/aromatic N) is 1. The molecule has 1 amide bonds. The molecule has 6 nitrogen and oxygen atoms in total. The lowest BCUT2D eigenvalue weighted by Crippen LogP contribution is -2.32. The van der Waals surface area contributed by atoms with Crippen molar-refractivity contribution < 1.29 is 19.0 Å². The molecule has 1 aliphatic rings. The molecule has 0 spiro atoms. The number of nitrogens with one attached hydrogen (secondary N) is 1. The van der Waals surface area contributed by atoms with Gasteiger partial charge in [-0.05, 0) is 50.0 Å². The van der Waals surface area contributed by atoms with Gasteiger partial charge in [0, 0.05) is 13.2 Å². The van der Waals surface area contributed by atoms with Crippen LogP contribution in [0.1, 0.15) is 38.7 Å². The molecule has 0 bridgehead atoms. The molecule has 26 heavy (non-hydrogen) atoms. The topological polar surface area (TPSA) is 80.6 Å². The lowest BCUT2D eigenvalue weighted by atomic mass is 10.1. The van der Waals surface area contributed by atoms with Gasteiger partial charge in [-0.3, -0.25) is 4.79 Å². The maximum absolute atomic E-state index is 12.2. The van der Waals surface area contributed by atoms with Gasteiger partial charge >= 0.3 is 0 Å². The van der Waals surface area contributed by atoms with Crippen molar-refractivity contribution in [1.82, 2.24) is 5.32 Å². The molecule has 2 rings (SSSR count). The van der Waals surface area contributed by atoms with Gasteiger partial charge in [0.15, 0.2) is 11.5 Å². The van der Waals surface area contributed by atoms with Gasteiger partial charge in [0.05, 0.1) is 19.3 Å². The Labute approximate surface area is 154 Å². The Morgan fingerprint density at radius 2 is 2.23 bits per heavy atom. The molecule has 1 saturated heterocycles. The number of carbonyl (C=O) groups excluding carboxylic acids is 1. The summed E-state index contributed by atoms with van der Waals surface area (Å²) in [6.07, 6.45) is 4.43. The molecule has 1 atom stereocenters. The third-order valence-electron chi connectivity index (χ3n) is 3.92. The van der Waals surface area contributed by atoms with Gasteiger partial charge in [0.1, 0.15) is 11.6 Å². The molecule has 1 heterocycles. The molecule has 0 saturated carbocycles. The fourth-order valence-electron chi connectivity index (χ4n) is 2.64. The first-order valence-electron chi connectivity index (χ1n) is 9.09. The number of amides is 1. The third kappa shape index (κ3) is 5.78. The fourth-order valence-corrected chi connectivity index (χ4v) is 2.64. The van der Waals surface area contributed by atoms with Crippen LogP contribution < -0.4 is 14.8 Å². The highest BCUT2D eigenvalue weighted by molar-refractivity contribution is 6.01. The van der Waals surface area contributed by atoms with E-state index in [4.69, 9.17) is 14.2 Å². The molecule has 0 radical (unpaired) electrons. The Hall–Kier alpha value is -2.52. The molecule has 1 aliphatic heterocycles. The predicted molar refractivity (Wildman–Crippen MR) is 99.0 cm³/mol. The molecule has 0 aromatic heterocycles. The minimum Gasteiger partial charge on any atom is -0.490 e. The number of hydrogen-bond donors (Lipinski definition) is 1. The maximum atomic E-state index is 12.2. The van der Waals surface area contributed by atoms with E-state index in [0.29, 0.717) is 36.8 Å². The summed E-state index contributed by atoms with van der Waals surface area (Å²) < 4.78 is 16.8. The van der Waals surface area contributed by atoms with E-state index >= 15 is 0 Å². The van der Waals surface area contributed by atoms with Gasteiger partial charge in [-0.1, -0.05) is 13.0 Å². The number of nitriles is 1. The third-order valence-corrected chi connectivity index (χ3v) is 3.92. The van der Waals surface area contributed by atoms with Crippen LogP contribution in [0.4, 0.5) is 0 Å². The Kier molecular flexibility index (Phi) is 7.97. The molecular weight excluding hydrogens is 332 g/mol. The summed E-state index contributed by atoms with van der Waals surface area (Å²) in [5.74, 6) is 0.867. The smallest absolute Gasteiger partial charge is 0.262 e. The molecule has 1 aromatic carbocycles. The monoisotopic (exact) mass is 358 g/mol. The predicted octanol–water partition coefficient (Wildman–Crippen LogP) is 3.08. The van der Waals surface area contributed by atoms with Crippen molar-refractivity contribution in [3.05, 3.63) is 29.3 Å². The zero-order chi connectivity index (χ0) is 18.8. The van der Waals surface area contributed by atoms with Crippen LogP contribution in [-0.2, 0) is 9.53 Å². The summed E-state index contributed by atoms with van der Waals surface area (Å²) in [5, 5.41) is 12.1. The number of benzene rings is 1. The largest absolute Gasteiger partial charge is 0.490 e. The van der Waals surface area contributed by atoms with Gasteiger partial charge in [0.2, 0.25) is 0 Å². The summed E-state index contributed by atoms with van der Waals surface area (Å²) in [4.78, 5) is 12.2. The molecule has 1 fully saturated rings. The Morgan fingerprint density at radius 3 is 2.88 bits per heavy atom. The van der Waals surface area contributed by atoms with E-state index < -0.39 is 5.91 Å². The summed E-state index contributed by atoms with van der Waals surface area (Å²) in [6.45, 7) is 6.18. The summed E-state index contributed by atoms with van der Waals surface area (Å²) in [5.41, 5.74) is 0.758. The quantitative estimate of drug-likeness (QED) is 0.542. The standard InChI is InChI=1S/C20H26N2O4/c1-3-9-26-18-8-7-15(12-19(18)24-4-2)11-16(13-21)20(23)22-14-17-6-5-10-25-17/h7-8,11-12,17H,3-6,9-10,14H2,1-2H3,(H,22,23)/b16-11+/t17-/m0/s1. The fraction of sp³-hybridized carbons (Fsp3) is 0.500. The molecule has 1 aromatic rings. The first kappa shape index (κ1) is 19.8. The Balaban J connectivity index is 2.09. The number of carbonyl (C=O) groups is 1. The Morgan fingerprint density at radius 1 is 1.38 bits per heavy atom. The van der Waals surface area contributed by atoms with Crippen LogP contribution in [0.3, 0.4) is 0 Å². The molecule has 0 unspecified atom stereocenters. The van der Waals surface area contributed by atoms with Crippen LogP contribution in [0.15, 0.2) is 23.8 Å². The van der Waals surface area contributed by atoms with Crippen molar-refractivity contribution in [3.63, 3.8) is 0 Å². The second-order valence-corrected chi connectivity index (χ2v) is 6.00. The second-order valence-electron chi connectivity index (χ2n) is 6.00. The Bertz CT molecular complexity index is 673. The lowest BCUT2D eigenvalue weighted by molar-refractivity contribution is -0.117. The minimum absolute atomic E-state index is 0.0402. The normalized spacial score (nSPS) is 16.8. The minimum atomic E-state index is -0.396. The first-order chi connectivity index (χ1) is 12.7. The van der Waals surface area contributed by atoms with Gasteiger partial charge in [-0.2, -0.15) is 5.26 Å². The van der Waals surface area contributed by atoms with E-state index in [2.05, 4.69) is 5.32 Å². The molecule has 140 valence electrons. The van der Waals surface area contributed by atoms with Crippen LogP contribution in [0.25, 0.3) is 6.08 Å². The van der Waals surface area contributed by atoms with Crippen LogP contribution >= 0.6 is 0 Å². The SMILES string of the molecule is CCCOc1ccc(/C=C(\C#N)C(=O)NC[C@@H]2CCCO2)cc1OCC. The molecule has 0 aliphatic carbocycles. The van der Waals surface area contributed by atoms with Crippen LogP contribution in [0.5, 0.6) is 11.5 Å². The van der Waals surface area contributed by atoms with Crippen LogP contribution in [0.2, 0.25) is 0 Å². The zero-order valence-electron chi connectivity index (χ0n) is 15.4. The van der Waals surface area contributed by atoms with Crippen molar-refractivity contribution >= 4 is 12.0 Å². The van der Waals surface area contributed by atoms with Crippen molar-refractivity contribution in [2.45, 2.75) is 39.2 Å². The lowest BCUT2D eigenvalue weighted by Gasteiger charge is -2.12. The van der Waals surface area contributed by atoms with Crippen molar-refractivity contribution in [3.8, 4) is 17.6 Å². The molecular formula is C20H26N2O4. The van der Waals surface area contributed by atoms with E-state index in [-0.39, 0.29) is 11.7 Å². The van der Waals surface area contributed by atoms with Gasteiger partial charge in [-0.15, -0.1) is 0 Å².